The number of aryl methyl sites for hydroxylation is 2. The zero-order valence-corrected chi connectivity index (χ0v) is 19.4. The Morgan fingerprint density at radius 1 is 1.12 bits per heavy atom. The Bertz CT molecular complexity index is 1090. The number of unbranched alkanes of at least 4 members (excludes halogenated alkanes) is 1. The molecule has 2 aromatic carbocycles. The quantitative estimate of drug-likeness (QED) is 0.303. The molecule has 0 aliphatic carbocycles. The van der Waals surface area contributed by atoms with Gasteiger partial charge in [0.25, 0.3) is 0 Å². The molecule has 0 saturated carbocycles. The van der Waals surface area contributed by atoms with Gasteiger partial charge in [-0.3, -0.25) is 9.29 Å². The molecule has 0 unspecified atom stereocenters. The number of halogens is 1. The SMILES string of the molecule is COc1cccc(OC)c1-n1c(CCCCO)nnc1NSCCc1ccc(F)cc1C#N. The van der Waals surface area contributed by atoms with E-state index in [0.717, 1.165) is 12.0 Å². The van der Waals surface area contributed by atoms with Gasteiger partial charge in [0.1, 0.15) is 28.8 Å². The molecule has 0 amide bonds. The molecule has 10 heteroatoms. The summed E-state index contributed by atoms with van der Waals surface area (Å²) in [4.78, 5) is 0. The number of methoxy groups -OCH3 is 2. The van der Waals surface area contributed by atoms with Crippen LogP contribution >= 0.6 is 11.9 Å². The van der Waals surface area contributed by atoms with Crippen LogP contribution in [0.5, 0.6) is 11.5 Å². The summed E-state index contributed by atoms with van der Waals surface area (Å²) in [5.41, 5.74) is 1.80. The third kappa shape index (κ3) is 5.94. The molecule has 0 spiro atoms. The van der Waals surface area contributed by atoms with E-state index in [1.807, 2.05) is 28.8 Å². The Morgan fingerprint density at radius 3 is 2.55 bits per heavy atom. The average Bonchev–Trinajstić information content (AvgIpc) is 3.24. The highest BCUT2D eigenvalue weighted by molar-refractivity contribution is 8.00. The van der Waals surface area contributed by atoms with Crippen LogP contribution in [0.3, 0.4) is 0 Å². The van der Waals surface area contributed by atoms with Gasteiger partial charge in [-0.25, -0.2) is 4.39 Å². The second-order valence-electron chi connectivity index (χ2n) is 7.08. The van der Waals surface area contributed by atoms with Crippen molar-refractivity contribution in [3.63, 3.8) is 0 Å². The molecule has 0 bridgehead atoms. The van der Waals surface area contributed by atoms with Crippen LogP contribution in [0.1, 0.15) is 29.8 Å². The van der Waals surface area contributed by atoms with Crippen LogP contribution in [0.4, 0.5) is 10.3 Å². The highest BCUT2D eigenvalue weighted by Gasteiger charge is 2.21. The first-order valence-corrected chi connectivity index (χ1v) is 11.4. The Balaban J connectivity index is 1.82. The van der Waals surface area contributed by atoms with Gasteiger partial charge >= 0.3 is 0 Å². The molecule has 2 N–H and O–H groups in total. The number of para-hydroxylation sites is 1. The number of nitrogens with zero attached hydrogens (tertiary/aromatic N) is 4. The topological polar surface area (TPSA) is 105 Å². The number of rotatable bonds is 12. The molecule has 0 atom stereocenters. The molecule has 0 aliphatic heterocycles. The predicted molar refractivity (Wildman–Crippen MR) is 125 cm³/mol. The summed E-state index contributed by atoms with van der Waals surface area (Å²) in [5.74, 6) is 2.62. The van der Waals surface area contributed by atoms with E-state index in [2.05, 4.69) is 14.9 Å². The molecular weight excluding hydrogens is 445 g/mol. The Hall–Kier alpha value is -3.29. The van der Waals surface area contributed by atoms with E-state index in [0.29, 0.717) is 59.5 Å². The number of anilines is 1. The van der Waals surface area contributed by atoms with E-state index in [1.54, 1.807) is 20.3 Å². The number of nitriles is 1. The molecule has 0 fully saturated rings. The van der Waals surface area contributed by atoms with Gasteiger partial charge in [0.05, 0.1) is 25.9 Å². The fourth-order valence-corrected chi connectivity index (χ4v) is 4.06. The lowest BCUT2D eigenvalue weighted by Gasteiger charge is -2.17. The van der Waals surface area contributed by atoms with Crippen molar-refractivity contribution in [1.82, 2.24) is 14.8 Å². The van der Waals surface area contributed by atoms with Crippen molar-refractivity contribution in [2.24, 2.45) is 0 Å². The molecule has 0 radical (unpaired) electrons. The Morgan fingerprint density at radius 2 is 1.88 bits per heavy atom. The lowest BCUT2D eigenvalue weighted by atomic mass is 10.1. The summed E-state index contributed by atoms with van der Waals surface area (Å²) in [6, 6.07) is 11.8. The van der Waals surface area contributed by atoms with E-state index in [1.165, 1.54) is 24.1 Å². The summed E-state index contributed by atoms with van der Waals surface area (Å²) in [6.07, 6.45) is 2.60. The Labute approximate surface area is 196 Å². The lowest BCUT2D eigenvalue weighted by molar-refractivity contribution is 0.284. The number of nitrogens with one attached hydrogen (secondary N) is 1. The highest BCUT2D eigenvalue weighted by Crippen LogP contribution is 2.35. The number of ether oxygens (including phenoxy) is 2. The van der Waals surface area contributed by atoms with E-state index in [-0.39, 0.29) is 6.61 Å². The molecule has 0 aliphatic rings. The third-order valence-corrected chi connectivity index (χ3v) is 5.73. The summed E-state index contributed by atoms with van der Waals surface area (Å²) in [5, 5.41) is 27.0. The molecule has 174 valence electrons. The van der Waals surface area contributed by atoms with Crippen LogP contribution in [0.15, 0.2) is 36.4 Å². The van der Waals surface area contributed by atoms with Crippen LogP contribution in [0.25, 0.3) is 5.69 Å². The number of hydrogen-bond donors (Lipinski definition) is 2. The van der Waals surface area contributed by atoms with Crippen molar-refractivity contribution in [3.05, 3.63) is 59.2 Å². The fourth-order valence-electron chi connectivity index (χ4n) is 3.37. The molecule has 1 heterocycles. The summed E-state index contributed by atoms with van der Waals surface area (Å²) in [6.45, 7) is 0.112. The van der Waals surface area contributed by atoms with Crippen LogP contribution in [0, 0.1) is 17.1 Å². The van der Waals surface area contributed by atoms with Gasteiger partial charge in [-0.05, 0) is 61.0 Å². The number of aliphatic hydroxyl groups excluding tert-OH is 1. The van der Waals surface area contributed by atoms with Crippen molar-refractivity contribution >= 4 is 17.9 Å². The minimum Gasteiger partial charge on any atom is -0.494 e. The lowest BCUT2D eigenvalue weighted by Crippen LogP contribution is -2.09. The Kier molecular flexibility index (Phi) is 8.92. The zero-order valence-electron chi connectivity index (χ0n) is 18.5. The van der Waals surface area contributed by atoms with E-state index < -0.39 is 5.82 Å². The predicted octanol–water partition coefficient (Wildman–Crippen LogP) is 3.91. The number of hydrogen-bond acceptors (Lipinski definition) is 8. The maximum Gasteiger partial charge on any atom is 0.239 e. The number of aromatic nitrogens is 3. The van der Waals surface area contributed by atoms with Crippen LogP contribution in [-0.4, -0.2) is 46.5 Å². The normalized spacial score (nSPS) is 10.6. The van der Waals surface area contributed by atoms with Gasteiger partial charge in [0.15, 0.2) is 0 Å². The van der Waals surface area contributed by atoms with Gasteiger partial charge < -0.3 is 14.6 Å². The van der Waals surface area contributed by atoms with Gasteiger partial charge in [0.2, 0.25) is 5.95 Å². The summed E-state index contributed by atoms with van der Waals surface area (Å²) in [7, 11) is 3.18. The average molecular weight is 472 g/mol. The first-order chi connectivity index (χ1) is 16.1. The van der Waals surface area contributed by atoms with Crippen LogP contribution in [-0.2, 0) is 12.8 Å². The van der Waals surface area contributed by atoms with Crippen molar-refractivity contribution in [2.75, 3.05) is 31.3 Å². The van der Waals surface area contributed by atoms with Crippen molar-refractivity contribution in [2.45, 2.75) is 25.7 Å². The van der Waals surface area contributed by atoms with Gasteiger partial charge in [-0.1, -0.05) is 12.1 Å². The standard InChI is InChI=1S/C23H26FN5O3S/c1-31-19-6-5-7-20(32-2)22(19)29-21(8-3-4-12-30)26-27-23(29)28-33-13-11-16-9-10-18(24)14-17(16)15-25/h5-7,9-10,14,30H,3-4,8,11-13H2,1-2H3,(H,27,28). The van der Waals surface area contributed by atoms with Gasteiger partial charge in [-0.15, -0.1) is 10.2 Å². The maximum absolute atomic E-state index is 13.4. The van der Waals surface area contributed by atoms with Crippen LogP contribution in [0.2, 0.25) is 0 Å². The molecule has 3 aromatic rings. The molecule has 8 nitrogen and oxygen atoms in total. The molecule has 33 heavy (non-hydrogen) atoms. The molecule has 0 saturated heterocycles. The summed E-state index contributed by atoms with van der Waals surface area (Å²) >= 11 is 1.40. The molecular formula is C23H26FN5O3S. The first-order valence-electron chi connectivity index (χ1n) is 10.5. The molecule has 3 rings (SSSR count). The minimum absolute atomic E-state index is 0.112. The zero-order chi connectivity index (χ0) is 23.6. The van der Waals surface area contributed by atoms with E-state index >= 15 is 0 Å². The first kappa shape index (κ1) is 24.4. The monoisotopic (exact) mass is 471 g/mol. The van der Waals surface area contributed by atoms with E-state index in [9.17, 15) is 9.65 Å². The van der Waals surface area contributed by atoms with Crippen LogP contribution < -0.4 is 14.2 Å². The smallest absolute Gasteiger partial charge is 0.239 e. The second-order valence-corrected chi connectivity index (χ2v) is 7.98. The van der Waals surface area contributed by atoms with Crippen molar-refractivity contribution in [1.29, 1.82) is 5.26 Å². The molecule has 1 aromatic heterocycles. The largest absolute Gasteiger partial charge is 0.494 e. The van der Waals surface area contributed by atoms with Gasteiger partial charge in [-0.2, -0.15) is 5.26 Å². The minimum atomic E-state index is -0.423. The second kappa shape index (κ2) is 12.1. The fraction of sp³-hybridized carbons (Fsp3) is 0.348. The highest BCUT2D eigenvalue weighted by atomic mass is 32.2. The number of benzene rings is 2. The third-order valence-electron chi connectivity index (χ3n) is 4.99. The van der Waals surface area contributed by atoms with E-state index in [4.69, 9.17) is 14.6 Å². The van der Waals surface area contributed by atoms with Gasteiger partial charge in [0, 0.05) is 18.8 Å². The number of aliphatic hydroxyl groups is 1. The summed E-state index contributed by atoms with van der Waals surface area (Å²) < 4.78 is 29.6. The van der Waals surface area contributed by atoms with Crippen molar-refractivity contribution < 1.29 is 19.0 Å². The van der Waals surface area contributed by atoms with Crippen molar-refractivity contribution in [3.8, 4) is 23.3 Å². The maximum atomic E-state index is 13.4.